The summed E-state index contributed by atoms with van der Waals surface area (Å²) in [6.45, 7) is -0.643. The summed E-state index contributed by atoms with van der Waals surface area (Å²) in [6.07, 6.45) is -2.27. The Bertz CT molecular complexity index is 1030. The van der Waals surface area contributed by atoms with Gasteiger partial charge in [0.15, 0.2) is 0 Å². The molecule has 1 atom stereocenters. The zero-order valence-electron chi connectivity index (χ0n) is 15.7. The van der Waals surface area contributed by atoms with Crippen molar-refractivity contribution in [2.45, 2.75) is 23.9 Å². The molecule has 1 fully saturated rings. The first-order chi connectivity index (χ1) is 14.5. The standard InChI is InChI=1S/C17H17F3N4O6S/c18-17(19,20)30-12-1-3-13(4-2-12)31(28,29)24-6-5-23(9-14(24)16(26)27)15-8-21-11(10-25)7-22-15/h1-4,7-8,14,25H,5-6,9-10H2,(H,26,27)/t14-/m1/s1. The number of aliphatic hydroxyl groups is 1. The second-order valence-electron chi connectivity index (χ2n) is 6.46. The van der Waals surface area contributed by atoms with Gasteiger partial charge in [0.25, 0.3) is 0 Å². The van der Waals surface area contributed by atoms with Gasteiger partial charge in [0.05, 0.1) is 29.6 Å². The minimum absolute atomic E-state index is 0.103. The van der Waals surface area contributed by atoms with E-state index in [1.807, 2.05) is 0 Å². The molecule has 3 rings (SSSR count). The predicted molar refractivity (Wildman–Crippen MR) is 98.6 cm³/mol. The Morgan fingerprint density at radius 1 is 1.16 bits per heavy atom. The highest BCUT2D eigenvalue weighted by Crippen LogP contribution is 2.27. The number of aromatic nitrogens is 2. The number of carboxylic acid groups (broad SMARTS) is 1. The molecule has 0 unspecified atom stereocenters. The van der Waals surface area contributed by atoms with E-state index in [0.717, 1.165) is 28.6 Å². The fourth-order valence-corrected chi connectivity index (χ4v) is 4.57. The Kier molecular flexibility index (Phi) is 6.33. The first-order valence-electron chi connectivity index (χ1n) is 8.78. The van der Waals surface area contributed by atoms with Crippen LogP contribution in [0.5, 0.6) is 5.75 Å². The highest BCUT2D eigenvalue weighted by molar-refractivity contribution is 7.89. The number of carbonyl (C=O) groups is 1. The summed E-state index contributed by atoms with van der Waals surface area (Å²) in [5.41, 5.74) is 0.317. The van der Waals surface area contributed by atoms with Crippen LogP contribution >= 0.6 is 0 Å². The van der Waals surface area contributed by atoms with E-state index in [4.69, 9.17) is 5.11 Å². The lowest BCUT2D eigenvalue weighted by atomic mass is 10.2. The SMILES string of the molecule is O=C(O)[C@H]1CN(c2cnc(CO)cn2)CCN1S(=O)(=O)c1ccc(OC(F)(F)F)cc1. The summed E-state index contributed by atoms with van der Waals surface area (Å²) in [5, 5.41) is 18.6. The third-order valence-corrected chi connectivity index (χ3v) is 6.38. The summed E-state index contributed by atoms with van der Waals surface area (Å²) in [7, 11) is -4.31. The number of piperazine rings is 1. The quantitative estimate of drug-likeness (QED) is 0.640. The van der Waals surface area contributed by atoms with E-state index in [1.54, 1.807) is 4.90 Å². The molecule has 2 heterocycles. The van der Waals surface area contributed by atoms with Gasteiger partial charge in [-0.3, -0.25) is 9.78 Å². The Morgan fingerprint density at radius 2 is 1.84 bits per heavy atom. The summed E-state index contributed by atoms with van der Waals surface area (Å²) < 4.78 is 67.3. The van der Waals surface area contributed by atoms with Gasteiger partial charge in [-0.2, -0.15) is 4.31 Å². The molecular formula is C17H17F3N4O6S. The molecule has 2 aromatic rings. The van der Waals surface area contributed by atoms with Gasteiger partial charge in [-0.15, -0.1) is 13.2 Å². The van der Waals surface area contributed by atoms with Gasteiger partial charge in [0.2, 0.25) is 10.0 Å². The molecule has 1 aliphatic heterocycles. The molecular weight excluding hydrogens is 445 g/mol. The maximum Gasteiger partial charge on any atom is 0.573 e. The number of aliphatic hydroxyl groups excluding tert-OH is 1. The molecule has 1 aromatic carbocycles. The minimum atomic E-state index is -4.93. The third-order valence-electron chi connectivity index (χ3n) is 4.46. The fourth-order valence-electron chi connectivity index (χ4n) is 3.00. The van der Waals surface area contributed by atoms with Crippen LogP contribution in [-0.2, 0) is 21.4 Å². The largest absolute Gasteiger partial charge is 0.573 e. The maximum atomic E-state index is 13.0. The van der Waals surface area contributed by atoms with Crippen LogP contribution in [0.3, 0.4) is 0 Å². The average molecular weight is 462 g/mol. The number of sulfonamides is 1. The number of anilines is 1. The average Bonchev–Trinajstić information content (AvgIpc) is 2.72. The number of hydrogen-bond acceptors (Lipinski definition) is 8. The Balaban J connectivity index is 1.81. The van der Waals surface area contributed by atoms with E-state index in [2.05, 4.69) is 14.7 Å². The van der Waals surface area contributed by atoms with E-state index < -0.39 is 34.1 Å². The van der Waals surface area contributed by atoms with Crippen LogP contribution in [0.4, 0.5) is 19.0 Å². The molecule has 2 N–H and O–H groups in total. The van der Waals surface area contributed by atoms with Gasteiger partial charge in [-0.1, -0.05) is 0 Å². The number of benzene rings is 1. The van der Waals surface area contributed by atoms with Crippen molar-refractivity contribution >= 4 is 21.8 Å². The molecule has 0 spiro atoms. The predicted octanol–water partition coefficient (Wildman–Crippen LogP) is 0.832. The number of rotatable bonds is 6. The topological polar surface area (TPSA) is 133 Å². The van der Waals surface area contributed by atoms with Crippen LogP contribution in [0.2, 0.25) is 0 Å². The third kappa shape index (κ3) is 5.21. The zero-order valence-corrected chi connectivity index (χ0v) is 16.5. The molecule has 10 nitrogen and oxygen atoms in total. The monoisotopic (exact) mass is 462 g/mol. The molecule has 0 radical (unpaired) electrons. The molecule has 14 heteroatoms. The first kappa shape index (κ1) is 22.7. The zero-order chi connectivity index (χ0) is 22.8. The van der Waals surface area contributed by atoms with E-state index in [-0.39, 0.29) is 31.1 Å². The van der Waals surface area contributed by atoms with Gasteiger partial charge in [-0.05, 0) is 24.3 Å². The van der Waals surface area contributed by atoms with Gasteiger partial charge >= 0.3 is 12.3 Å². The van der Waals surface area contributed by atoms with Crippen LogP contribution in [0.1, 0.15) is 5.69 Å². The fraction of sp³-hybridized carbons (Fsp3) is 0.353. The number of ether oxygens (including phenoxy) is 1. The Labute approximate surface area is 174 Å². The molecule has 168 valence electrons. The number of alkyl halides is 3. The molecule has 1 aliphatic rings. The summed E-state index contributed by atoms with van der Waals surface area (Å²) in [4.78, 5) is 21.0. The lowest BCUT2D eigenvalue weighted by molar-refractivity contribution is -0.274. The molecule has 31 heavy (non-hydrogen) atoms. The second-order valence-corrected chi connectivity index (χ2v) is 8.35. The van der Waals surface area contributed by atoms with Crippen molar-refractivity contribution < 1.29 is 41.3 Å². The van der Waals surface area contributed by atoms with Crippen molar-refractivity contribution in [3.63, 3.8) is 0 Å². The minimum Gasteiger partial charge on any atom is -0.480 e. The molecule has 1 saturated heterocycles. The molecule has 0 amide bonds. The molecule has 1 aromatic heterocycles. The lowest BCUT2D eigenvalue weighted by Gasteiger charge is -2.38. The number of carboxylic acids is 1. The van der Waals surface area contributed by atoms with Crippen LogP contribution in [-0.4, -0.2) is 70.9 Å². The van der Waals surface area contributed by atoms with E-state index >= 15 is 0 Å². The van der Waals surface area contributed by atoms with Crippen LogP contribution in [0.25, 0.3) is 0 Å². The van der Waals surface area contributed by atoms with Crippen LogP contribution < -0.4 is 9.64 Å². The molecule has 0 saturated carbocycles. The van der Waals surface area contributed by atoms with Crippen LogP contribution in [0.15, 0.2) is 41.6 Å². The molecule has 0 aliphatic carbocycles. The number of halogens is 3. The second kappa shape index (κ2) is 8.64. The van der Waals surface area contributed by atoms with E-state index in [1.165, 1.54) is 12.4 Å². The highest BCUT2D eigenvalue weighted by Gasteiger charge is 2.41. The Morgan fingerprint density at radius 3 is 2.35 bits per heavy atom. The van der Waals surface area contributed by atoms with Gasteiger partial charge in [0.1, 0.15) is 17.6 Å². The highest BCUT2D eigenvalue weighted by atomic mass is 32.2. The Hall–Kier alpha value is -2.97. The number of nitrogens with zero attached hydrogens (tertiary/aromatic N) is 4. The summed E-state index contributed by atoms with van der Waals surface area (Å²) in [6, 6.07) is 2.04. The van der Waals surface area contributed by atoms with E-state index in [0.29, 0.717) is 11.5 Å². The van der Waals surface area contributed by atoms with Crippen LogP contribution in [0, 0.1) is 0 Å². The van der Waals surface area contributed by atoms with Crippen molar-refractivity contribution in [3.05, 3.63) is 42.4 Å². The van der Waals surface area contributed by atoms with Gasteiger partial charge < -0.3 is 19.8 Å². The smallest absolute Gasteiger partial charge is 0.480 e. The van der Waals surface area contributed by atoms with E-state index in [9.17, 15) is 31.5 Å². The lowest BCUT2D eigenvalue weighted by Crippen LogP contribution is -2.58. The van der Waals surface area contributed by atoms with Crippen molar-refractivity contribution in [1.82, 2.24) is 14.3 Å². The maximum absolute atomic E-state index is 13.0. The number of aliphatic carboxylic acids is 1. The molecule has 0 bridgehead atoms. The summed E-state index contributed by atoms with van der Waals surface area (Å²) >= 11 is 0. The van der Waals surface area contributed by atoms with Crippen molar-refractivity contribution in [2.75, 3.05) is 24.5 Å². The normalized spacial score (nSPS) is 18.1. The van der Waals surface area contributed by atoms with Gasteiger partial charge in [0, 0.05) is 19.6 Å². The van der Waals surface area contributed by atoms with Crippen molar-refractivity contribution in [1.29, 1.82) is 0 Å². The van der Waals surface area contributed by atoms with Crippen molar-refractivity contribution in [2.24, 2.45) is 0 Å². The first-order valence-corrected chi connectivity index (χ1v) is 10.2. The van der Waals surface area contributed by atoms with Gasteiger partial charge in [-0.25, -0.2) is 13.4 Å². The summed E-state index contributed by atoms with van der Waals surface area (Å²) in [5.74, 6) is -1.68. The number of hydrogen-bond donors (Lipinski definition) is 2. The van der Waals surface area contributed by atoms with Crippen molar-refractivity contribution in [3.8, 4) is 5.75 Å².